The molecule has 4 heterocycles. The quantitative estimate of drug-likeness (QED) is 0.287. The van der Waals surface area contributed by atoms with E-state index in [4.69, 9.17) is 9.47 Å². The molecule has 0 aliphatic carbocycles. The predicted octanol–water partition coefficient (Wildman–Crippen LogP) is 4.85. The molecule has 1 N–H and O–H groups in total. The third kappa shape index (κ3) is 4.12. The van der Waals surface area contributed by atoms with E-state index in [2.05, 4.69) is 25.4 Å². The summed E-state index contributed by atoms with van der Waals surface area (Å²) < 4.78 is 83.0. The van der Waals surface area contributed by atoms with E-state index in [1.165, 1.54) is 49.3 Å². The average molecular weight is 520 g/mol. The maximum absolute atomic E-state index is 14.3. The molecule has 0 amide bonds. The van der Waals surface area contributed by atoms with Gasteiger partial charge in [0.25, 0.3) is 0 Å². The minimum absolute atomic E-state index is 0.0236. The van der Waals surface area contributed by atoms with Gasteiger partial charge in [-0.3, -0.25) is 0 Å². The van der Waals surface area contributed by atoms with E-state index in [0.29, 0.717) is 0 Å². The number of methoxy groups -OCH3 is 1. The molecule has 0 saturated carbocycles. The number of halogens is 5. The molecule has 37 heavy (non-hydrogen) atoms. The number of nitrogens with one attached hydrogen (secondary N) is 1. The maximum Gasteiger partial charge on any atom is 0.419 e. The molecule has 2 atom stereocenters. The van der Waals surface area contributed by atoms with Crippen LogP contribution in [-0.2, 0) is 10.3 Å². The van der Waals surface area contributed by atoms with E-state index < -0.39 is 42.1 Å². The van der Waals surface area contributed by atoms with Crippen LogP contribution in [0, 0.1) is 18.7 Å². The Labute approximate surface area is 207 Å². The fourth-order valence-electron chi connectivity index (χ4n) is 4.66. The topological polar surface area (TPSA) is 87.0 Å². The molecule has 2 unspecified atom stereocenters. The van der Waals surface area contributed by atoms with Crippen LogP contribution in [0.15, 0.2) is 42.7 Å². The van der Waals surface area contributed by atoms with Crippen LogP contribution in [0.5, 0.6) is 5.75 Å². The van der Waals surface area contributed by atoms with Crippen molar-refractivity contribution in [2.45, 2.75) is 37.6 Å². The Morgan fingerprint density at radius 3 is 2.62 bits per heavy atom. The molecular weight excluding hydrogens is 499 g/mol. The lowest BCUT2D eigenvalue weighted by Gasteiger charge is -2.55. The maximum atomic E-state index is 14.3. The number of hydrogen-bond donors (Lipinski definition) is 1. The van der Waals surface area contributed by atoms with Crippen molar-refractivity contribution in [3.8, 4) is 11.4 Å². The lowest BCUT2D eigenvalue weighted by atomic mass is 9.75. The number of aryl methyl sites for hydroxylation is 1. The van der Waals surface area contributed by atoms with Gasteiger partial charge >= 0.3 is 6.18 Å². The van der Waals surface area contributed by atoms with E-state index in [9.17, 15) is 22.0 Å². The minimum atomic E-state index is -4.76. The first kappa shape index (κ1) is 24.8. The van der Waals surface area contributed by atoms with Crippen molar-refractivity contribution in [2.24, 2.45) is 0 Å². The highest BCUT2D eigenvalue weighted by atomic mass is 19.4. The predicted molar refractivity (Wildman–Crippen MR) is 122 cm³/mol. The van der Waals surface area contributed by atoms with Crippen molar-refractivity contribution in [2.75, 3.05) is 19.0 Å². The summed E-state index contributed by atoms with van der Waals surface area (Å²) in [6.45, 7) is 2.31. The van der Waals surface area contributed by atoms with Gasteiger partial charge in [0.05, 0.1) is 30.8 Å². The molecule has 4 aromatic rings. The minimum Gasteiger partial charge on any atom is -0.496 e. The molecule has 1 fully saturated rings. The second-order valence-electron chi connectivity index (χ2n) is 8.93. The van der Waals surface area contributed by atoms with Crippen molar-refractivity contribution in [1.82, 2.24) is 24.7 Å². The number of pyridine rings is 1. The molecule has 194 valence electrons. The Morgan fingerprint density at radius 1 is 1.19 bits per heavy atom. The largest absolute Gasteiger partial charge is 0.496 e. The standard InChI is InChI=1S/C24H21F5N6O2/c1-13-33-20(15-10-32-35(21(15)34-13)17-5-4-8-30-19(17)26)31-12-23(24(27,28)29)11-22(2,37-23)16-9-14(25)6-7-18(16)36-3/h4-10H,11-12H2,1-3H3,(H,31,33,34). The second kappa shape index (κ2) is 8.61. The van der Waals surface area contributed by atoms with Crippen LogP contribution in [0.1, 0.15) is 24.7 Å². The summed E-state index contributed by atoms with van der Waals surface area (Å²) in [6, 6.07) is 6.57. The molecule has 13 heteroatoms. The molecule has 5 rings (SSSR count). The van der Waals surface area contributed by atoms with Gasteiger partial charge in [0.2, 0.25) is 5.95 Å². The summed E-state index contributed by atoms with van der Waals surface area (Å²) >= 11 is 0. The Hall–Kier alpha value is -3.87. The van der Waals surface area contributed by atoms with Crippen LogP contribution < -0.4 is 10.1 Å². The highest BCUT2D eigenvalue weighted by molar-refractivity contribution is 5.87. The fraction of sp³-hybridized carbons (Fsp3) is 0.333. The molecule has 1 aliphatic heterocycles. The Morgan fingerprint density at radius 2 is 1.95 bits per heavy atom. The van der Waals surface area contributed by atoms with Gasteiger partial charge in [-0.1, -0.05) is 0 Å². The van der Waals surface area contributed by atoms with E-state index >= 15 is 0 Å². The third-order valence-corrected chi connectivity index (χ3v) is 6.34. The van der Waals surface area contributed by atoms with Gasteiger partial charge in [-0.15, -0.1) is 0 Å². The number of nitrogens with zero attached hydrogens (tertiary/aromatic N) is 5. The Kier molecular flexibility index (Phi) is 5.77. The average Bonchev–Trinajstić information content (AvgIpc) is 3.24. The number of ether oxygens (including phenoxy) is 2. The zero-order chi connectivity index (χ0) is 26.6. The SMILES string of the molecule is COc1ccc(F)cc1C1(C)CC(CNc2nc(C)nc3c2cnn3-c2cccnc2F)(C(F)(F)F)O1. The molecule has 8 nitrogen and oxygen atoms in total. The number of alkyl halides is 3. The summed E-state index contributed by atoms with van der Waals surface area (Å²) in [5.74, 6) is -0.891. The lowest BCUT2D eigenvalue weighted by Crippen LogP contribution is -2.67. The first-order chi connectivity index (χ1) is 17.5. The van der Waals surface area contributed by atoms with Gasteiger partial charge in [-0.05, 0) is 44.2 Å². The molecule has 1 aliphatic rings. The number of anilines is 1. The number of fused-ring (bicyclic) bond motifs is 1. The van der Waals surface area contributed by atoms with Crippen LogP contribution in [0.2, 0.25) is 0 Å². The Balaban J connectivity index is 1.46. The second-order valence-corrected chi connectivity index (χ2v) is 8.93. The third-order valence-electron chi connectivity index (χ3n) is 6.34. The van der Waals surface area contributed by atoms with E-state index in [1.54, 1.807) is 6.92 Å². The zero-order valence-electron chi connectivity index (χ0n) is 19.9. The van der Waals surface area contributed by atoms with Crippen molar-refractivity contribution in [3.05, 3.63) is 65.9 Å². The summed E-state index contributed by atoms with van der Waals surface area (Å²) in [7, 11) is 1.34. The summed E-state index contributed by atoms with van der Waals surface area (Å²) in [4.78, 5) is 12.1. The van der Waals surface area contributed by atoms with Crippen LogP contribution >= 0.6 is 0 Å². The smallest absolute Gasteiger partial charge is 0.419 e. The number of benzene rings is 1. The molecule has 0 spiro atoms. The molecular formula is C24H21F5N6O2. The summed E-state index contributed by atoms with van der Waals surface area (Å²) in [5, 5.41) is 7.14. The normalized spacial score (nSPS) is 21.6. The van der Waals surface area contributed by atoms with Crippen LogP contribution in [0.4, 0.5) is 27.8 Å². The number of aromatic nitrogens is 5. The van der Waals surface area contributed by atoms with E-state index in [1.807, 2.05) is 0 Å². The zero-order valence-corrected chi connectivity index (χ0v) is 19.9. The number of rotatable bonds is 6. The highest BCUT2D eigenvalue weighted by Gasteiger charge is 2.68. The van der Waals surface area contributed by atoms with E-state index in [-0.39, 0.29) is 39.7 Å². The van der Waals surface area contributed by atoms with Crippen LogP contribution in [-0.4, -0.2) is 50.2 Å². The van der Waals surface area contributed by atoms with Crippen LogP contribution in [0.25, 0.3) is 16.7 Å². The van der Waals surface area contributed by atoms with Gasteiger partial charge in [0, 0.05) is 18.2 Å². The first-order valence-corrected chi connectivity index (χ1v) is 11.1. The van der Waals surface area contributed by atoms with Crippen molar-refractivity contribution in [1.29, 1.82) is 0 Å². The van der Waals surface area contributed by atoms with Gasteiger partial charge in [0.15, 0.2) is 11.2 Å². The van der Waals surface area contributed by atoms with Crippen molar-refractivity contribution < 1.29 is 31.4 Å². The lowest BCUT2D eigenvalue weighted by molar-refractivity contribution is -0.380. The first-order valence-electron chi connectivity index (χ1n) is 11.1. The highest BCUT2D eigenvalue weighted by Crippen LogP contribution is 2.57. The van der Waals surface area contributed by atoms with Gasteiger partial charge in [0.1, 0.15) is 28.9 Å². The van der Waals surface area contributed by atoms with Crippen molar-refractivity contribution in [3.63, 3.8) is 0 Å². The molecule has 3 aromatic heterocycles. The molecule has 0 radical (unpaired) electrons. The monoisotopic (exact) mass is 520 g/mol. The molecule has 0 bridgehead atoms. The van der Waals surface area contributed by atoms with Gasteiger partial charge < -0.3 is 14.8 Å². The van der Waals surface area contributed by atoms with Gasteiger partial charge in [-0.2, -0.15) is 22.7 Å². The molecule has 1 aromatic carbocycles. The van der Waals surface area contributed by atoms with E-state index in [0.717, 1.165) is 12.1 Å². The summed E-state index contributed by atoms with van der Waals surface area (Å²) in [6.07, 6.45) is -2.65. The number of hydrogen-bond acceptors (Lipinski definition) is 7. The summed E-state index contributed by atoms with van der Waals surface area (Å²) in [5.41, 5.74) is -3.64. The Bertz CT molecular complexity index is 1480. The van der Waals surface area contributed by atoms with Crippen molar-refractivity contribution >= 4 is 16.9 Å². The van der Waals surface area contributed by atoms with Crippen LogP contribution in [0.3, 0.4) is 0 Å². The molecule has 1 saturated heterocycles. The fourth-order valence-corrected chi connectivity index (χ4v) is 4.66. The van der Waals surface area contributed by atoms with Gasteiger partial charge in [-0.25, -0.2) is 24.0 Å².